The van der Waals surface area contributed by atoms with Gasteiger partial charge in [-0.05, 0) is 44.9 Å². The molecule has 0 unspecified atom stereocenters. The highest BCUT2D eigenvalue weighted by Crippen LogP contribution is 2.42. The van der Waals surface area contributed by atoms with Crippen LogP contribution in [0.15, 0.2) is 30.5 Å². The van der Waals surface area contributed by atoms with Gasteiger partial charge in [-0.3, -0.25) is 9.69 Å². The third-order valence-electron chi connectivity index (χ3n) is 6.81. The van der Waals surface area contributed by atoms with Gasteiger partial charge in [0.15, 0.2) is 0 Å². The van der Waals surface area contributed by atoms with Gasteiger partial charge in [-0.15, -0.1) is 0 Å². The van der Waals surface area contributed by atoms with Crippen molar-refractivity contribution in [3.8, 4) is 0 Å². The molecule has 1 spiro atoms. The van der Waals surface area contributed by atoms with Gasteiger partial charge in [-0.2, -0.15) is 0 Å². The third-order valence-corrected chi connectivity index (χ3v) is 6.81. The van der Waals surface area contributed by atoms with E-state index >= 15 is 0 Å². The molecule has 1 amide bonds. The Balaban J connectivity index is 1.49. The summed E-state index contributed by atoms with van der Waals surface area (Å²) in [4.78, 5) is 21.1. The van der Waals surface area contributed by atoms with Crippen LogP contribution in [0, 0.1) is 0 Å². The van der Waals surface area contributed by atoms with Gasteiger partial charge in [0.1, 0.15) is 0 Å². The molecule has 4 rings (SSSR count). The first-order valence-electron chi connectivity index (χ1n) is 10.2. The average Bonchev–Trinajstić information content (AvgIpc) is 3.19. The maximum absolute atomic E-state index is 13.1. The lowest BCUT2D eigenvalue weighted by Gasteiger charge is -2.39. The van der Waals surface area contributed by atoms with Crippen LogP contribution in [0.1, 0.15) is 51.0 Å². The minimum atomic E-state index is 0.267. The number of nitrogens with zero attached hydrogens (tertiary/aromatic N) is 2. The van der Waals surface area contributed by atoms with Crippen molar-refractivity contribution in [1.29, 1.82) is 0 Å². The summed E-state index contributed by atoms with van der Waals surface area (Å²) in [7, 11) is 2.27. The molecule has 4 heteroatoms. The lowest BCUT2D eigenvalue weighted by molar-refractivity contribution is -0.132. The lowest BCUT2D eigenvalue weighted by atomic mass is 9.79. The quantitative estimate of drug-likeness (QED) is 0.903. The number of H-pyrrole nitrogens is 1. The Morgan fingerprint density at radius 1 is 1.27 bits per heavy atom. The fourth-order valence-electron chi connectivity index (χ4n) is 5.35. The Labute approximate surface area is 156 Å². The molecule has 2 fully saturated rings. The zero-order valence-electron chi connectivity index (χ0n) is 16.1. The first-order valence-corrected chi connectivity index (χ1v) is 10.2. The van der Waals surface area contributed by atoms with E-state index in [-0.39, 0.29) is 5.91 Å². The molecule has 1 saturated carbocycles. The summed E-state index contributed by atoms with van der Waals surface area (Å²) >= 11 is 0. The number of fused-ring (bicyclic) bond motifs is 1. The minimum absolute atomic E-state index is 0.267. The lowest BCUT2D eigenvalue weighted by Crippen LogP contribution is -2.42. The number of aromatic amines is 1. The Hall–Kier alpha value is -1.81. The molecular weight excluding hydrogens is 322 g/mol. The summed E-state index contributed by atoms with van der Waals surface area (Å²) in [6, 6.07) is 8.60. The molecule has 0 radical (unpaired) electrons. The minimum Gasteiger partial charge on any atom is -0.361 e. The predicted octanol–water partition coefficient (Wildman–Crippen LogP) is 3.97. The Morgan fingerprint density at radius 3 is 2.81 bits per heavy atom. The highest BCUT2D eigenvalue weighted by atomic mass is 16.2. The van der Waals surface area contributed by atoms with Gasteiger partial charge >= 0.3 is 0 Å². The van der Waals surface area contributed by atoms with Crippen LogP contribution >= 0.6 is 0 Å². The van der Waals surface area contributed by atoms with Crippen LogP contribution < -0.4 is 0 Å². The average molecular weight is 354 g/mol. The molecule has 0 bridgehead atoms. The van der Waals surface area contributed by atoms with E-state index in [1.54, 1.807) is 0 Å². The Morgan fingerprint density at radius 2 is 2.04 bits per heavy atom. The predicted molar refractivity (Wildman–Crippen MR) is 106 cm³/mol. The highest BCUT2D eigenvalue weighted by Gasteiger charge is 2.46. The van der Waals surface area contributed by atoms with Crippen molar-refractivity contribution in [1.82, 2.24) is 14.8 Å². The molecular formula is C22H31N3O. The Kier molecular flexibility index (Phi) is 4.78. The molecule has 2 aromatic rings. The van der Waals surface area contributed by atoms with Crippen molar-refractivity contribution in [2.45, 2.75) is 63.5 Å². The number of amides is 1. The van der Waals surface area contributed by atoms with Crippen LogP contribution in [0.3, 0.4) is 0 Å². The van der Waals surface area contributed by atoms with E-state index in [4.69, 9.17) is 0 Å². The van der Waals surface area contributed by atoms with Gasteiger partial charge in [0, 0.05) is 41.8 Å². The maximum atomic E-state index is 13.1. The molecule has 1 atom stereocenters. The molecule has 26 heavy (non-hydrogen) atoms. The van der Waals surface area contributed by atoms with Crippen molar-refractivity contribution < 1.29 is 4.79 Å². The summed E-state index contributed by atoms with van der Waals surface area (Å²) in [5.74, 6) is 0.267. The monoisotopic (exact) mass is 353 g/mol. The van der Waals surface area contributed by atoms with Crippen LogP contribution in [0.2, 0.25) is 0 Å². The number of hydrogen-bond acceptors (Lipinski definition) is 2. The first-order chi connectivity index (χ1) is 12.6. The van der Waals surface area contributed by atoms with Crippen LogP contribution in [-0.4, -0.2) is 52.4 Å². The molecule has 1 aliphatic heterocycles. The summed E-state index contributed by atoms with van der Waals surface area (Å²) in [5.41, 5.74) is 2.57. The number of rotatable bonds is 4. The second-order valence-electron chi connectivity index (χ2n) is 8.24. The van der Waals surface area contributed by atoms with Gasteiger partial charge in [0.05, 0.1) is 6.42 Å². The molecule has 1 saturated heterocycles. The van der Waals surface area contributed by atoms with Gasteiger partial charge in [0.2, 0.25) is 5.91 Å². The number of nitrogens with one attached hydrogen (secondary N) is 1. The molecule has 4 nitrogen and oxygen atoms in total. The summed E-state index contributed by atoms with van der Waals surface area (Å²) in [6.07, 6.45) is 10.3. The van der Waals surface area contributed by atoms with Crippen LogP contribution in [0.5, 0.6) is 0 Å². The van der Waals surface area contributed by atoms with Crippen molar-refractivity contribution in [2.75, 3.05) is 20.1 Å². The van der Waals surface area contributed by atoms with Crippen LogP contribution in [0.25, 0.3) is 10.9 Å². The smallest absolute Gasteiger partial charge is 0.227 e. The summed E-state index contributed by atoms with van der Waals surface area (Å²) in [6.45, 7) is 3.95. The van der Waals surface area contributed by atoms with Crippen molar-refractivity contribution in [3.63, 3.8) is 0 Å². The number of benzene rings is 1. The second kappa shape index (κ2) is 7.07. The largest absolute Gasteiger partial charge is 0.361 e. The number of carbonyl (C=O) groups excluding carboxylic acids is 1. The topological polar surface area (TPSA) is 39.3 Å². The molecule has 2 heterocycles. The summed E-state index contributed by atoms with van der Waals surface area (Å²) in [5, 5.41) is 1.17. The molecule has 1 aromatic heterocycles. The van der Waals surface area contributed by atoms with Gasteiger partial charge in [0.25, 0.3) is 0 Å². The van der Waals surface area contributed by atoms with E-state index in [1.807, 2.05) is 18.3 Å². The van der Waals surface area contributed by atoms with E-state index in [1.165, 1.54) is 37.5 Å². The first kappa shape index (κ1) is 17.6. The zero-order valence-corrected chi connectivity index (χ0v) is 16.1. The second-order valence-corrected chi connectivity index (χ2v) is 8.24. The van der Waals surface area contributed by atoms with Crippen LogP contribution in [0.4, 0.5) is 0 Å². The van der Waals surface area contributed by atoms with Gasteiger partial charge < -0.3 is 9.88 Å². The molecule has 1 N–H and O–H groups in total. The fraction of sp³-hybridized carbons (Fsp3) is 0.591. The standard InChI is InChI=1S/C22H31N3O/c1-3-25(18-14-22(24(2)16-18)11-7-4-8-12-22)21(26)13-17-15-23-20-10-6-5-9-19(17)20/h5-6,9-10,15,18,23H,3-4,7-8,11-14,16H2,1-2H3/t18-/m1/s1. The van der Waals surface area contributed by atoms with E-state index in [9.17, 15) is 4.79 Å². The van der Waals surface area contributed by atoms with Crippen molar-refractivity contribution in [3.05, 3.63) is 36.0 Å². The highest BCUT2D eigenvalue weighted by molar-refractivity contribution is 5.89. The summed E-state index contributed by atoms with van der Waals surface area (Å²) < 4.78 is 0. The Bertz CT molecular complexity index is 775. The van der Waals surface area contributed by atoms with Crippen molar-refractivity contribution >= 4 is 16.8 Å². The van der Waals surface area contributed by atoms with Gasteiger partial charge in [-0.1, -0.05) is 37.5 Å². The maximum Gasteiger partial charge on any atom is 0.227 e. The SMILES string of the molecule is CCN(C(=O)Cc1c[nH]c2ccccc12)[C@H]1CN(C)C2(CCCCC2)C1. The molecule has 2 aliphatic rings. The fourth-order valence-corrected chi connectivity index (χ4v) is 5.35. The normalized spacial score (nSPS) is 22.9. The van der Waals surface area contributed by atoms with E-state index in [0.717, 1.165) is 30.6 Å². The van der Waals surface area contributed by atoms with Gasteiger partial charge in [-0.25, -0.2) is 0 Å². The van der Waals surface area contributed by atoms with E-state index in [0.29, 0.717) is 18.0 Å². The molecule has 140 valence electrons. The van der Waals surface area contributed by atoms with E-state index in [2.05, 4.69) is 40.9 Å². The number of hydrogen-bond donors (Lipinski definition) is 1. The number of para-hydroxylation sites is 1. The zero-order chi connectivity index (χ0) is 18.1. The van der Waals surface area contributed by atoms with Crippen LogP contribution in [-0.2, 0) is 11.2 Å². The molecule has 1 aromatic carbocycles. The molecule has 1 aliphatic carbocycles. The van der Waals surface area contributed by atoms with E-state index < -0.39 is 0 Å². The number of carbonyl (C=O) groups is 1. The number of aromatic nitrogens is 1. The number of likely N-dealkylation sites (N-methyl/N-ethyl adjacent to an activating group) is 2. The third kappa shape index (κ3) is 3.05. The van der Waals surface area contributed by atoms with Crippen molar-refractivity contribution in [2.24, 2.45) is 0 Å². The number of likely N-dealkylation sites (tertiary alicyclic amines) is 1.